The van der Waals surface area contributed by atoms with Crippen molar-refractivity contribution in [3.05, 3.63) is 35.0 Å². The van der Waals surface area contributed by atoms with Crippen molar-refractivity contribution in [3.8, 4) is 0 Å². The van der Waals surface area contributed by atoms with E-state index in [1.807, 2.05) is 6.07 Å². The van der Waals surface area contributed by atoms with Gasteiger partial charge in [-0.1, -0.05) is 0 Å². The van der Waals surface area contributed by atoms with E-state index in [9.17, 15) is 18.0 Å². The van der Waals surface area contributed by atoms with Gasteiger partial charge in [0.05, 0.1) is 18.4 Å². The Bertz CT molecular complexity index is 1200. The topological polar surface area (TPSA) is 98.2 Å². The number of fused-ring (bicyclic) bond motifs is 3. The molecule has 192 valence electrons. The average molecular weight is 506 g/mol. The summed E-state index contributed by atoms with van der Waals surface area (Å²) >= 11 is 0. The van der Waals surface area contributed by atoms with Gasteiger partial charge < -0.3 is 14.4 Å². The first-order valence-corrected chi connectivity index (χ1v) is 13.9. The number of ether oxygens (including phenoxy) is 2. The number of amides is 1. The SMILES string of the molecule is CCS(=O)(=O)n1c2c(c3cc(C(=O)N(C)CCCC(=O)OC)ccc31)CN(C1CCOCC1)CC2. The summed E-state index contributed by atoms with van der Waals surface area (Å²) in [6.07, 6.45) is 3.36. The van der Waals surface area contributed by atoms with Gasteiger partial charge in [0.25, 0.3) is 5.91 Å². The molecule has 9 nitrogen and oxygen atoms in total. The third-order valence-corrected chi connectivity index (χ3v) is 8.88. The second kappa shape index (κ2) is 10.7. The van der Waals surface area contributed by atoms with Gasteiger partial charge in [0.1, 0.15) is 0 Å². The van der Waals surface area contributed by atoms with Gasteiger partial charge in [0, 0.05) is 75.4 Å². The fraction of sp³-hybridized carbons (Fsp3) is 0.600. The maximum atomic E-state index is 13.1. The van der Waals surface area contributed by atoms with E-state index in [-0.39, 0.29) is 24.1 Å². The molecule has 35 heavy (non-hydrogen) atoms. The molecule has 4 rings (SSSR count). The van der Waals surface area contributed by atoms with Crippen LogP contribution >= 0.6 is 0 Å². The second-order valence-electron chi connectivity index (χ2n) is 9.29. The summed E-state index contributed by atoms with van der Waals surface area (Å²) in [7, 11) is -0.443. The van der Waals surface area contributed by atoms with Crippen molar-refractivity contribution in [1.29, 1.82) is 0 Å². The van der Waals surface area contributed by atoms with Crippen molar-refractivity contribution in [1.82, 2.24) is 13.8 Å². The lowest BCUT2D eigenvalue weighted by Crippen LogP contribution is -2.42. The zero-order chi connectivity index (χ0) is 25.2. The summed E-state index contributed by atoms with van der Waals surface area (Å²) in [4.78, 5) is 28.5. The molecule has 0 N–H and O–H groups in total. The molecule has 0 spiro atoms. The van der Waals surface area contributed by atoms with E-state index in [2.05, 4.69) is 9.64 Å². The van der Waals surface area contributed by atoms with Gasteiger partial charge >= 0.3 is 5.97 Å². The Morgan fingerprint density at radius 3 is 2.66 bits per heavy atom. The van der Waals surface area contributed by atoms with Crippen LogP contribution in [-0.2, 0) is 37.3 Å². The Hall–Kier alpha value is -2.43. The van der Waals surface area contributed by atoms with Gasteiger partial charge in [0.2, 0.25) is 10.0 Å². The minimum atomic E-state index is -3.50. The highest BCUT2D eigenvalue weighted by Crippen LogP contribution is 2.35. The normalized spacial score (nSPS) is 17.3. The van der Waals surface area contributed by atoms with Crippen molar-refractivity contribution < 1.29 is 27.5 Å². The Morgan fingerprint density at radius 2 is 1.97 bits per heavy atom. The van der Waals surface area contributed by atoms with Crippen LogP contribution in [0.3, 0.4) is 0 Å². The fourth-order valence-electron chi connectivity index (χ4n) is 5.17. The number of aromatic nitrogens is 1. The number of esters is 1. The van der Waals surface area contributed by atoms with Crippen LogP contribution in [0, 0.1) is 0 Å². The average Bonchev–Trinajstić information content (AvgIpc) is 3.22. The van der Waals surface area contributed by atoms with Gasteiger partial charge in [-0.25, -0.2) is 12.4 Å². The fourth-order valence-corrected chi connectivity index (χ4v) is 6.42. The lowest BCUT2D eigenvalue weighted by atomic mass is 9.99. The summed E-state index contributed by atoms with van der Waals surface area (Å²) in [5, 5.41) is 0.822. The third-order valence-electron chi connectivity index (χ3n) is 7.18. The summed E-state index contributed by atoms with van der Waals surface area (Å²) in [6, 6.07) is 5.71. The summed E-state index contributed by atoms with van der Waals surface area (Å²) in [6.45, 7) is 5.05. The smallest absolute Gasteiger partial charge is 0.305 e. The highest BCUT2D eigenvalue weighted by molar-refractivity contribution is 7.90. The first kappa shape index (κ1) is 25.7. The highest BCUT2D eigenvalue weighted by atomic mass is 32.2. The largest absolute Gasteiger partial charge is 0.469 e. The summed E-state index contributed by atoms with van der Waals surface area (Å²) in [5.74, 6) is -0.448. The Kier molecular flexibility index (Phi) is 7.83. The van der Waals surface area contributed by atoms with E-state index in [1.54, 1.807) is 31.0 Å². The Labute approximate surface area is 207 Å². The first-order chi connectivity index (χ1) is 16.8. The lowest BCUT2D eigenvalue weighted by Gasteiger charge is -2.37. The minimum Gasteiger partial charge on any atom is -0.469 e. The third kappa shape index (κ3) is 5.24. The van der Waals surface area contributed by atoms with Gasteiger partial charge in [-0.15, -0.1) is 0 Å². The molecule has 1 fully saturated rings. The number of rotatable bonds is 8. The molecule has 1 aromatic heterocycles. The van der Waals surface area contributed by atoms with Crippen molar-refractivity contribution in [2.24, 2.45) is 0 Å². The molecule has 1 aromatic carbocycles. The molecule has 10 heteroatoms. The van der Waals surface area contributed by atoms with Gasteiger partial charge in [-0.3, -0.25) is 14.5 Å². The monoisotopic (exact) mass is 505 g/mol. The van der Waals surface area contributed by atoms with Crippen molar-refractivity contribution in [3.63, 3.8) is 0 Å². The molecule has 1 saturated heterocycles. The second-order valence-corrected chi connectivity index (χ2v) is 11.4. The van der Waals surface area contributed by atoms with Crippen LogP contribution in [0.5, 0.6) is 0 Å². The highest BCUT2D eigenvalue weighted by Gasteiger charge is 2.32. The molecule has 0 radical (unpaired) electrons. The molecule has 1 amide bonds. The first-order valence-electron chi connectivity index (χ1n) is 12.3. The number of carbonyl (C=O) groups excluding carboxylic acids is 2. The number of benzene rings is 1. The van der Waals surface area contributed by atoms with E-state index in [1.165, 1.54) is 11.1 Å². The van der Waals surface area contributed by atoms with Gasteiger partial charge in [-0.2, -0.15) is 0 Å². The number of methoxy groups -OCH3 is 1. The van der Waals surface area contributed by atoms with Crippen LogP contribution in [0.4, 0.5) is 0 Å². The van der Waals surface area contributed by atoms with Crippen molar-refractivity contribution >= 4 is 32.8 Å². The molecular formula is C25H35N3O6S. The summed E-state index contributed by atoms with van der Waals surface area (Å²) < 4.78 is 37.9. The van der Waals surface area contributed by atoms with Crippen LogP contribution in [0.25, 0.3) is 10.9 Å². The zero-order valence-corrected chi connectivity index (χ0v) is 21.6. The zero-order valence-electron chi connectivity index (χ0n) is 20.8. The summed E-state index contributed by atoms with van der Waals surface area (Å²) in [5.41, 5.74) is 2.98. The molecule has 2 aromatic rings. The number of hydrogen-bond acceptors (Lipinski definition) is 7. The van der Waals surface area contributed by atoms with Crippen LogP contribution in [-0.4, -0.2) is 86.3 Å². The number of nitrogens with zero attached hydrogens (tertiary/aromatic N) is 3. The quantitative estimate of drug-likeness (QED) is 0.508. The predicted molar refractivity (Wildman–Crippen MR) is 133 cm³/mol. The maximum absolute atomic E-state index is 13.1. The van der Waals surface area contributed by atoms with Crippen molar-refractivity contribution in [2.45, 2.75) is 51.6 Å². The minimum absolute atomic E-state index is 0.0104. The molecule has 0 bridgehead atoms. The van der Waals surface area contributed by atoms with E-state index in [0.717, 1.165) is 49.2 Å². The standard InChI is InChI=1S/C25H35N3O6S/c1-4-35(31,32)28-22-8-7-18(25(30)26(2)12-5-6-24(29)33-3)16-20(22)21-17-27(13-9-23(21)28)19-10-14-34-15-11-19/h7-8,16,19H,4-6,9-15,17H2,1-3H3. The molecule has 0 unspecified atom stereocenters. The van der Waals surface area contributed by atoms with E-state index < -0.39 is 10.0 Å². The van der Waals surface area contributed by atoms with Crippen LogP contribution in [0.2, 0.25) is 0 Å². The molecule has 3 heterocycles. The van der Waals surface area contributed by atoms with Crippen LogP contribution in [0.15, 0.2) is 18.2 Å². The lowest BCUT2D eigenvalue weighted by molar-refractivity contribution is -0.140. The molecular weight excluding hydrogens is 470 g/mol. The molecule has 2 aliphatic heterocycles. The molecule has 2 aliphatic rings. The van der Waals surface area contributed by atoms with E-state index >= 15 is 0 Å². The van der Waals surface area contributed by atoms with Gasteiger partial charge in [-0.05, 0) is 49.9 Å². The molecule has 0 saturated carbocycles. The predicted octanol–water partition coefficient (Wildman–Crippen LogP) is 2.40. The number of carbonyl (C=O) groups is 2. The Balaban J connectivity index is 1.67. The maximum Gasteiger partial charge on any atom is 0.305 e. The molecule has 0 aliphatic carbocycles. The van der Waals surface area contributed by atoms with Crippen LogP contribution in [0.1, 0.15) is 54.2 Å². The van der Waals surface area contributed by atoms with Gasteiger partial charge in [0.15, 0.2) is 0 Å². The van der Waals surface area contributed by atoms with Crippen molar-refractivity contribution in [2.75, 3.05) is 46.2 Å². The van der Waals surface area contributed by atoms with Crippen LogP contribution < -0.4 is 0 Å². The Morgan fingerprint density at radius 1 is 1.23 bits per heavy atom. The molecule has 0 atom stereocenters. The van der Waals surface area contributed by atoms with E-state index in [0.29, 0.717) is 43.1 Å². The number of hydrogen-bond donors (Lipinski definition) is 0. The van der Waals surface area contributed by atoms with E-state index in [4.69, 9.17) is 4.74 Å².